The number of nitrogens with zero attached hydrogens (tertiary/aromatic N) is 4. The molecule has 4 N–H and O–H groups in total. The van der Waals surface area contributed by atoms with Gasteiger partial charge in [0.15, 0.2) is 0 Å². The highest BCUT2D eigenvalue weighted by Gasteiger charge is 2.30. The van der Waals surface area contributed by atoms with Crippen LogP contribution in [0, 0.1) is 11.3 Å². The van der Waals surface area contributed by atoms with Gasteiger partial charge in [-0.2, -0.15) is 5.11 Å². The lowest BCUT2D eigenvalue weighted by Crippen LogP contribution is -2.11. The number of para-hydroxylation sites is 1. The quantitative estimate of drug-likeness (QED) is 0.504. The molecule has 3 aromatic rings. The molecule has 4 rings (SSSR count). The molecular formula is C20H22FN7. The molecule has 8 heteroatoms. The van der Waals surface area contributed by atoms with Crippen molar-refractivity contribution in [2.24, 2.45) is 5.11 Å². The van der Waals surface area contributed by atoms with Crippen LogP contribution in [-0.4, -0.2) is 14.5 Å². The number of anilines is 2. The summed E-state index contributed by atoms with van der Waals surface area (Å²) in [5.74, 6) is 0.587. The topological polar surface area (TPSA) is 105 Å². The zero-order chi connectivity index (χ0) is 19.7. The Hall–Kier alpha value is -3.29. The van der Waals surface area contributed by atoms with Crippen LogP contribution in [0.3, 0.4) is 0 Å². The molecule has 1 fully saturated rings. The highest BCUT2D eigenvalue weighted by atomic mass is 19.1. The molecule has 2 heterocycles. The number of allylic oxidation sites excluding steroid dienone is 1. The molecule has 0 saturated heterocycles. The second-order valence-corrected chi connectivity index (χ2v) is 6.95. The molecule has 1 unspecified atom stereocenters. The fraction of sp³-hybridized carbons (Fsp3) is 0.300. The van der Waals surface area contributed by atoms with Crippen molar-refractivity contribution in [3.8, 4) is 0 Å². The average molecular weight is 379 g/mol. The Morgan fingerprint density at radius 2 is 2.21 bits per heavy atom. The Kier molecular flexibility index (Phi) is 4.77. The molecule has 144 valence electrons. The first kappa shape index (κ1) is 18.1. The predicted octanol–water partition coefficient (Wildman–Crippen LogP) is 4.97. The first-order chi connectivity index (χ1) is 13.6. The van der Waals surface area contributed by atoms with E-state index in [1.165, 1.54) is 12.4 Å². The summed E-state index contributed by atoms with van der Waals surface area (Å²) in [4.78, 5) is 8.60. The molecule has 28 heavy (non-hydrogen) atoms. The molecule has 7 nitrogen and oxygen atoms in total. The van der Waals surface area contributed by atoms with Gasteiger partial charge in [-0.1, -0.05) is 19.1 Å². The molecule has 1 aliphatic rings. The second-order valence-electron chi connectivity index (χ2n) is 6.95. The van der Waals surface area contributed by atoms with Crippen LogP contribution in [0.25, 0.3) is 11.0 Å². The highest BCUT2D eigenvalue weighted by Crippen LogP contribution is 2.45. The number of hydrogen-bond donors (Lipinski definition) is 3. The summed E-state index contributed by atoms with van der Waals surface area (Å²) in [5.41, 5.74) is 16.5. The van der Waals surface area contributed by atoms with Crippen LogP contribution in [-0.2, 0) is 0 Å². The van der Waals surface area contributed by atoms with Gasteiger partial charge < -0.3 is 15.6 Å². The standard InChI is InChI=1S/C20H22FN7/c1-2-17(16(27-23)9-24-15-6-4-3-5-14(15)21)28-10-13(12-7-8-12)18-19(22)25-11-26-20(18)28/h3-6,9-12,17,23-24H,2,7-8H2,1H3,(H2,22,25,26)/b16-9-,27-23?. The van der Waals surface area contributed by atoms with Gasteiger partial charge in [-0.05, 0) is 42.9 Å². The molecular weight excluding hydrogens is 357 g/mol. The Morgan fingerprint density at radius 3 is 2.89 bits per heavy atom. The van der Waals surface area contributed by atoms with E-state index in [2.05, 4.69) is 26.6 Å². The molecule has 1 aliphatic carbocycles. The SMILES string of the molecule is CCC(/C(=C/Nc1ccccc1F)N=N)n1cc(C2CC2)c2c(N)ncnc21. The number of halogens is 1. The van der Waals surface area contributed by atoms with Crippen molar-refractivity contribution in [2.75, 3.05) is 11.1 Å². The second kappa shape index (κ2) is 7.38. The largest absolute Gasteiger partial charge is 0.383 e. The number of aromatic nitrogens is 3. The number of rotatable bonds is 7. The van der Waals surface area contributed by atoms with Crippen LogP contribution in [0.5, 0.6) is 0 Å². The summed E-state index contributed by atoms with van der Waals surface area (Å²) < 4.78 is 15.9. The Morgan fingerprint density at radius 1 is 1.43 bits per heavy atom. The first-order valence-electron chi connectivity index (χ1n) is 9.33. The van der Waals surface area contributed by atoms with Gasteiger partial charge in [0.2, 0.25) is 0 Å². The van der Waals surface area contributed by atoms with Crippen LogP contribution in [0.15, 0.2) is 53.8 Å². The minimum absolute atomic E-state index is 0.235. The number of nitrogens with two attached hydrogens (primary N) is 1. The lowest BCUT2D eigenvalue weighted by molar-refractivity contribution is 0.554. The van der Waals surface area contributed by atoms with Crippen LogP contribution in [0.4, 0.5) is 15.9 Å². The van der Waals surface area contributed by atoms with Gasteiger partial charge in [0, 0.05) is 12.4 Å². The van der Waals surface area contributed by atoms with Crippen molar-refractivity contribution in [1.29, 1.82) is 5.53 Å². The third-order valence-corrected chi connectivity index (χ3v) is 5.13. The Bertz CT molecular complexity index is 1050. The summed E-state index contributed by atoms with van der Waals surface area (Å²) >= 11 is 0. The van der Waals surface area contributed by atoms with Gasteiger partial charge in [0.05, 0.1) is 17.1 Å². The van der Waals surface area contributed by atoms with Gasteiger partial charge in [-0.15, -0.1) is 0 Å². The van der Waals surface area contributed by atoms with Gasteiger partial charge >= 0.3 is 0 Å². The van der Waals surface area contributed by atoms with Crippen LogP contribution in [0.1, 0.15) is 43.7 Å². The minimum atomic E-state index is -0.362. The molecule has 2 aromatic heterocycles. The first-order valence-corrected chi connectivity index (χ1v) is 9.33. The summed E-state index contributed by atoms with van der Waals surface area (Å²) in [6.45, 7) is 2.01. The number of fused-ring (bicyclic) bond motifs is 1. The average Bonchev–Trinajstić information content (AvgIpc) is 3.48. The zero-order valence-electron chi connectivity index (χ0n) is 15.6. The van der Waals surface area contributed by atoms with Gasteiger partial charge in [-0.3, -0.25) is 0 Å². The molecule has 0 bridgehead atoms. The van der Waals surface area contributed by atoms with E-state index in [0.717, 1.165) is 29.4 Å². The van der Waals surface area contributed by atoms with E-state index in [1.54, 1.807) is 24.4 Å². The van der Waals surface area contributed by atoms with E-state index in [0.29, 0.717) is 29.5 Å². The number of benzene rings is 1. The van der Waals surface area contributed by atoms with E-state index in [9.17, 15) is 4.39 Å². The predicted molar refractivity (Wildman–Crippen MR) is 106 cm³/mol. The number of nitrogens with one attached hydrogen (secondary N) is 2. The van der Waals surface area contributed by atoms with E-state index in [1.807, 2.05) is 11.5 Å². The van der Waals surface area contributed by atoms with Crippen molar-refractivity contribution >= 4 is 22.5 Å². The molecule has 1 atom stereocenters. The maximum atomic E-state index is 13.9. The van der Waals surface area contributed by atoms with Crippen LogP contribution in [0.2, 0.25) is 0 Å². The van der Waals surface area contributed by atoms with Crippen molar-refractivity contribution in [3.05, 3.63) is 60.1 Å². The van der Waals surface area contributed by atoms with Gasteiger partial charge in [0.1, 0.15) is 29.3 Å². The Labute approximate surface area is 162 Å². The van der Waals surface area contributed by atoms with E-state index in [4.69, 9.17) is 11.3 Å². The minimum Gasteiger partial charge on any atom is -0.383 e. The van der Waals surface area contributed by atoms with Crippen LogP contribution < -0.4 is 11.1 Å². The molecule has 1 aromatic carbocycles. The fourth-order valence-electron chi connectivity index (χ4n) is 3.56. The molecule has 0 radical (unpaired) electrons. The van der Waals surface area contributed by atoms with E-state index >= 15 is 0 Å². The number of hydrogen-bond acceptors (Lipinski definition) is 6. The fourth-order valence-corrected chi connectivity index (χ4v) is 3.56. The van der Waals surface area contributed by atoms with Gasteiger partial charge in [-0.25, -0.2) is 19.9 Å². The molecule has 0 aliphatic heterocycles. The summed E-state index contributed by atoms with van der Waals surface area (Å²) in [6, 6.07) is 6.16. The lowest BCUT2D eigenvalue weighted by Gasteiger charge is -2.18. The number of nitrogen functional groups attached to an aromatic ring is 1. The maximum Gasteiger partial charge on any atom is 0.146 e. The molecule has 0 spiro atoms. The smallest absolute Gasteiger partial charge is 0.146 e. The van der Waals surface area contributed by atoms with E-state index in [-0.39, 0.29) is 11.9 Å². The van der Waals surface area contributed by atoms with Crippen molar-refractivity contribution in [2.45, 2.75) is 38.1 Å². The van der Waals surface area contributed by atoms with Gasteiger partial charge in [0.25, 0.3) is 0 Å². The summed E-state index contributed by atoms with van der Waals surface area (Å²) in [6.07, 6.45) is 8.03. The lowest BCUT2D eigenvalue weighted by atomic mass is 10.1. The highest BCUT2D eigenvalue weighted by molar-refractivity contribution is 5.90. The van der Waals surface area contributed by atoms with Crippen molar-refractivity contribution in [1.82, 2.24) is 14.5 Å². The molecule has 1 saturated carbocycles. The van der Waals surface area contributed by atoms with E-state index < -0.39 is 0 Å². The van der Waals surface area contributed by atoms with Crippen LogP contribution >= 0.6 is 0 Å². The maximum absolute atomic E-state index is 13.9. The third-order valence-electron chi connectivity index (χ3n) is 5.13. The third kappa shape index (κ3) is 3.21. The summed E-state index contributed by atoms with van der Waals surface area (Å²) in [5, 5.41) is 7.52. The normalized spacial score (nSPS) is 15.6. The monoisotopic (exact) mass is 379 g/mol. The van der Waals surface area contributed by atoms with Crippen molar-refractivity contribution in [3.63, 3.8) is 0 Å². The van der Waals surface area contributed by atoms with Crippen molar-refractivity contribution < 1.29 is 4.39 Å². The molecule has 0 amide bonds. The summed E-state index contributed by atoms with van der Waals surface area (Å²) in [7, 11) is 0. The Balaban J connectivity index is 1.75. The zero-order valence-corrected chi connectivity index (χ0v) is 15.6.